The molecule has 1 heteroatoms. The average molecular weight is 240 g/mol. The Morgan fingerprint density at radius 3 is 2.00 bits per heavy atom. The van der Waals surface area contributed by atoms with E-state index in [4.69, 9.17) is 6.42 Å². The number of hydrogen-bond acceptors (Lipinski definition) is 0. The van der Waals surface area contributed by atoms with Crippen LogP contribution in [0.5, 0.6) is 0 Å². The number of unbranched alkanes of at least 4 members (excludes halogenated alkanes) is 1. The molecule has 17 heavy (non-hydrogen) atoms. The van der Waals surface area contributed by atoms with Crippen LogP contribution in [0.1, 0.15) is 59.8 Å². The van der Waals surface area contributed by atoms with Gasteiger partial charge in [0.25, 0.3) is 0 Å². The van der Waals surface area contributed by atoms with Gasteiger partial charge in [-0.25, -0.2) is 4.39 Å². The maximum atomic E-state index is 12.6. The molecule has 0 aromatic heterocycles. The third-order valence-electron chi connectivity index (χ3n) is 4.13. The number of halogens is 1. The summed E-state index contributed by atoms with van der Waals surface area (Å²) in [6.45, 7) is 8.58. The third-order valence-corrected chi connectivity index (χ3v) is 4.13. The molecule has 0 aromatic carbocycles. The van der Waals surface area contributed by atoms with Crippen molar-refractivity contribution in [2.75, 3.05) is 6.67 Å². The van der Waals surface area contributed by atoms with Crippen LogP contribution in [0.25, 0.3) is 0 Å². The Morgan fingerprint density at radius 1 is 1.00 bits per heavy atom. The monoisotopic (exact) mass is 240 g/mol. The summed E-state index contributed by atoms with van der Waals surface area (Å²) in [5.74, 6) is 4.19. The summed E-state index contributed by atoms with van der Waals surface area (Å²) < 4.78 is 12.6. The molecular formula is C16H29F. The molecule has 0 aliphatic carbocycles. The minimum atomic E-state index is -0.378. The van der Waals surface area contributed by atoms with E-state index in [0.717, 1.165) is 18.3 Å². The normalized spacial score (nSPS) is 18.1. The fourth-order valence-electron chi connectivity index (χ4n) is 2.18. The smallest absolute Gasteiger partial charge is 0.103 e. The molecule has 0 amide bonds. The van der Waals surface area contributed by atoms with Gasteiger partial charge in [0.15, 0.2) is 0 Å². The van der Waals surface area contributed by atoms with Gasteiger partial charge in [-0.15, -0.1) is 12.3 Å². The molecule has 0 spiro atoms. The van der Waals surface area contributed by atoms with Gasteiger partial charge in [-0.05, 0) is 24.2 Å². The molecule has 100 valence electrons. The summed E-state index contributed by atoms with van der Waals surface area (Å²) in [4.78, 5) is 0. The van der Waals surface area contributed by atoms with Crippen LogP contribution in [0.15, 0.2) is 0 Å². The van der Waals surface area contributed by atoms with E-state index in [1.54, 1.807) is 0 Å². The maximum Gasteiger partial charge on any atom is 0.103 e. The van der Waals surface area contributed by atoms with Crippen molar-refractivity contribution < 1.29 is 4.39 Å². The van der Waals surface area contributed by atoms with Crippen molar-refractivity contribution in [3.8, 4) is 12.3 Å². The van der Waals surface area contributed by atoms with Crippen molar-refractivity contribution in [3.05, 3.63) is 0 Å². The van der Waals surface area contributed by atoms with Gasteiger partial charge in [0, 0.05) is 0 Å². The second-order valence-electron chi connectivity index (χ2n) is 5.58. The summed E-state index contributed by atoms with van der Waals surface area (Å²) in [6, 6.07) is 0. The standard InChI is InChI=1S/C16H29F/c1-6-8-9-13(3)14(4)10-11-15(5)16(7-2)12-17/h2,13-16H,6,8-12H2,1,3-5H3. The van der Waals surface area contributed by atoms with Gasteiger partial charge in [-0.2, -0.15) is 0 Å². The highest BCUT2D eigenvalue weighted by molar-refractivity contribution is 4.95. The van der Waals surface area contributed by atoms with E-state index < -0.39 is 0 Å². The Morgan fingerprint density at radius 2 is 1.53 bits per heavy atom. The molecule has 0 aliphatic rings. The van der Waals surface area contributed by atoms with Crippen molar-refractivity contribution in [1.29, 1.82) is 0 Å². The summed E-state index contributed by atoms with van der Waals surface area (Å²) in [5.41, 5.74) is 0. The van der Waals surface area contributed by atoms with Crippen molar-refractivity contribution in [2.24, 2.45) is 23.7 Å². The summed E-state index contributed by atoms with van der Waals surface area (Å²) in [7, 11) is 0. The summed E-state index contributed by atoms with van der Waals surface area (Å²) in [5, 5.41) is 0. The molecule has 0 aliphatic heterocycles. The molecule has 4 unspecified atom stereocenters. The fraction of sp³-hybridized carbons (Fsp3) is 0.875. The van der Waals surface area contributed by atoms with Crippen LogP contribution in [-0.4, -0.2) is 6.67 Å². The highest BCUT2D eigenvalue weighted by Gasteiger charge is 2.17. The Kier molecular flexibility index (Phi) is 9.23. The second kappa shape index (κ2) is 9.51. The van der Waals surface area contributed by atoms with E-state index in [9.17, 15) is 4.39 Å². The van der Waals surface area contributed by atoms with Crippen molar-refractivity contribution in [2.45, 2.75) is 59.8 Å². The minimum Gasteiger partial charge on any atom is -0.250 e. The molecule has 0 heterocycles. The topological polar surface area (TPSA) is 0 Å². The van der Waals surface area contributed by atoms with Gasteiger partial charge in [0.1, 0.15) is 6.67 Å². The van der Waals surface area contributed by atoms with Gasteiger partial charge in [0.05, 0.1) is 5.92 Å². The SMILES string of the molecule is C#CC(CF)C(C)CCC(C)C(C)CCCC. The highest BCUT2D eigenvalue weighted by atomic mass is 19.1. The molecule has 0 saturated carbocycles. The maximum absolute atomic E-state index is 12.6. The van der Waals surface area contributed by atoms with Gasteiger partial charge in [-0.3, -0.25) is 0 Å². The van der Waals surface area contributed by atoms with E-state index in [1.165, 1.54) is 25.7 Å². The first-order valence-electron chi connectivity index (χ1n) is 7.08. The van der Waals surface area contributed by atoms with Crippen molar-refractivity contribution in [1.82, 2.24) is 0 Å². The Bertz CT molecular complexity index is 216. The first kappa shape index (κ1) is 16.5. The molecule has 0 fully saturated rings. The largest absolute Gasteiger partial charge is 0.250 e. The van der Waals surface area contributed by atoms with Gasteiger partial charge in [-0.1, -0.05) is 53.4 Å². The molecule has 0 saturated heterocycles. The van der Waals surface area contributed by atoms with Crippen LogP contribution < -0.4 is 0 Å². The molecular weight excluding hydrogens is 211 g/mol. The molecule has 0 nitrogen and oxygen atoms in total. The Labute approximate surface area is 107 Å². The quantitative estimate of drug-likeness (QED) is 0.493. The highest BCUT2D eigenvalue weighted by Crippen LogP contribution is 2.26. The van der Waals surface area contributed by atoms with Gasteiger partial charge < -0.3 is 0 Å². The number of alkyl halides is 1. The van der Waals surface area contributed by atoms with Crippen LogP contribution in [0.4, 0.5) is 4.39 Å². The first-order valence-corrected chi connectivity index (χ1v) is 7.08. The number of terminal acetylenes is 1. The number of hydrogen-bond donors (Lipinski definition) is 0. The van der Waals surface area contributed by atoms with E-state index in [2.05, 4.69) is 33.6 Å². The number of rotatable bonds is 9. The molecule has 0 N–H and O–H groups in total. The average Bonchev–Trinajstić information content (AvgIpc) is 2.34. The van der Waals surface area contributed by atoms with E-state index in [-0.39, 0.29) is 12.6 Å². The lowest BCUT2D eigenvalue weighted by atomic mass is 9.83. The second-order valence-corrected chi connectivity index (χ2v) is 5.58. The molecule has 0 aromatic rings. The third kappa shape index (κ3) is 6.71. The molecule has 0 bridgehead atoms. The van der Waals surface area contributed by atoms with E-state index in [1.807, 2.05) is 0 Å². The van der Waals surface area contributed by atoms with Gasteiger partial charge >= 0.3 is 0 Å². The Balaban J connectivity index is 3.90. The van der Waals surface area contributed by atoms with Gasteiger partial charge in [0.2, 0.25) is 0 Å². The zero-order chi connectivity index (χ0) is 13.3. The lowest BCUT2D eigenvalue weighted by Crippen LogP contribution is -2.15. The lowest BCUT2D eigenvalue weighted by molar-refractivity contribution is 0.271. The minimum absolute atomic E-state index is 0.187. The first-order chi connectivity index (χ1) is 8.06. The van der Waals surface area contributed by atoms with Crippen molar-refractivity contribution in [3.63, 3.8) is 0 Å². The van der Waals surface area contributed by atoms with Crippen LogP contribution in [0.3, 0.4) is 0 Å². The zero-order valence-corrected chi connectivity index (χ0v) is 12.0. The summed E-state index contributed by atoms with van der Waals surface area (Å²) >= 11 is 0. The van der Waals surface area contributed by atoms with Crippen LogP contribution in [-0.2, 0) is 0 Å². The van der Waals surface area contributed by atoms with Crippen LogP contribution in [0.2, 0.25) is 0 Å². The van der Waals surface area contributed by atoms with Crippen LogP contribution >= 0.6 is 0 Å². The fourth-order valence-corrected chi connectivity index (χ4v) is 2.18. The van der Waals surface area contributed by atoms with Crippen LogP contribution in [0, 0.1) is 36.0 Å². The predicted molar refractivity (Wildman–Crippen MR) is 74.5 cm³/mol. The lowest BCUT2D eigenvalue weighted by Gasteiger charge is -2.23. The Hall–Kier alpha value is -0.510. The molecule has 0 rings (SSSR count). The molecule has 4 atom stereocenters. The zero-order valence-electron chi connectivity index (χ0n) is 12.0. The van der Waals surface area contributed by atoms with E-state index >= 15 is 0 Å². The predicted octanol–water partition coefficient (Wildman–Crippen LogP) is 5.08. The molecule has 0 radical (unpaired) electrons. The van der Waals surface area contributed by atoms with E-state index in [0.29, 0.717) is 5.92 Å². The summed E-state index contributed by atoms with van der Waals surface area (Å²) in [6.07, 6.45) is 11.5. The van der Waals surface area contributed by atoms with Crippen molar-refractivity contribution >= 4 is 0 Å².